The largest absolute Gasteiger partial charge is 0.369 e. The molecule has 5 saturated carbocycles. The van der Waals surface area contributed by atoms with E-state index < -0.39 is 0 Å². The van der Waals surface area contributed by atoms with Crippen molar-refractivity contribution in [3.8, 4) is 0 Å². The summed E-state index contributed by atoms with van der Waals surface area (Å²) in [7, 11) is 0. The lowest BCUT2D eigenvalue weighted by molar-refractivity contribution is -0.232. The van der Waals surface area contributed by atoms with E-state index >= 15 is 0 Å². The molecule has 3 nitrogen and oxygen atoms in total. The summed E-state index contributed by atoms with van der Waals surface area (Å²) in [6, 6.07) is 0. The fourth-order valence-electron chi connectivity index (χ4n) is 11.4. The molecule has 5 aliphatic carbocycles. The minimum Gasteiger partial charge on any atom is -0.369 e. The third-order valence-electron chi connectivity index (χ3n) is 13.3. The van der Waals surface area contributed by atoms with Crippen molar-refractivity contribution >= 4 is 11.7 Å². The number of nitrogens with two attached hydrogens (primary N) is 1. The Balaban J connectivity index is 1.57. The smallest absolute Gasteiger partial charge is 0.223 e. The highest BCUT2D eigenvalue weighted by atomic mass is 16.1. The number of fused-ring (bicyclic) bond motifs is 7. The first-order valence-corrected chi connectivity index (χ1v) is 13.7. The molecular formula is C30H47NO2. The number of carbonyl (C=O) groups excluding carboxylic acids is 2. The number of hydrogen-bond acceptors (Lipinski definition) is 2. The van der Waals surface area contributed by atoms with Crippen molar-refractivity contribution in [1.82, 2.24) is 0 Å². The van der Waals surface area contributed by atoms with E-state index in [0.717, 1.165) is 38.5 Å². The van der Waals surface area contributed by atoms with Crippen LogP contribution in [0.2, 0.25) is 0 Å². The second kappa shape index (κ2) is 6.97. The summed E-state index contributed by atoms with van der Waals surface area (Å²) in [5, 5.41) is 0. The van der Waals surface area contributed by atoms with E-state index in [9.17, 15) is 9.59 Å². The van der Waals surface area contributed by atoms with Crippen LogP contribution in [0.4, 0.5) is 0 Å². The van der Waals surface area contributed by atoms with Gasteiger partial charge < -0.3 is 5.73 Å². The van der Waals surface area contributed by atoms with Gasteiger partial charge in [0.25, 0.3) is 0 Å². The molecule has 5 fully saturated rings. The molecule has 0 aliphatic heterocycles. The lowest BCUT2D eigenvalue weighted by atomic mass is 9.32. The van der Waals surface area contributed by atoms with Gasteiger partial charge in [0.05, 0.1) is 5.41 Å². The van der Waals surface area contributed by atoms with Gasteiger partial charge in [0.2, 0.25) is 5.91 Å². The van der Waals surface area contributed by atoms with Crippen LogP contribution in [0.3, 0.4) is 0 Å². The van der Waals surface area contributed by atoms with Gasteiger partial charge in [-0.05, 0) is 111 Å². The van der Waals surface area contributed by atoms with E-state index in [4.69, 9.17) is 5.73 Å². The zero-order valence-corrected chi connectivity index (χ0v) is 22.1. The average molecular weight is 454 g/mol. The Kier molecular flexibility index (Phi) is 4.99. The molecule has 0 aromatic rings. The highest BCUT2D eigenvalue weighted by Crippen LogP contribution is 2.77. The van der Waals surface area contributed by atoms with Crippen LogP contribution in [0, 0.1) is 56.7 Å². The lowest BCUT2D eigenvalue weighted by Gasteiger charge is -2.72. The number of primary amides is 1. The zero-order valence-electron chi connectivity index (χ0n) is 22.1. The maximum absolute atomic E-state index is 13.0. The minimum atomic E-state index is -0.322. The summed E-state index contributed by atoms with van der Waals surface area (Å²) in [6.45, 7) is 18.8. The fraction of sp³-hybridized carbons (Fsp3) is 0.867. The fourth-order valence-corrected chi connectivity index (χ4v) is 11.4. The normalized spacial score (nSPS) is 52.8. The molecule has 0 spiro atoms. The van der Waals surface area contributed by atoms with Crippen molar-refractivity contribution in [2.75, 3.05) is 0 Å². The molecule has 0 heterocycles. The Bertz CT molecular complexity index is 905. The molecule has 0 aromatic carbocycles. The SMILES string of the molecule is C=C(C)[C@@H]1CC[C@]2(C(N)=O)CC[C@@]3(C)C(CCC4[C@@]5(C)CCC(=O)C(C)(C)C5CC[C@]43C)C12. The van der Waals surface area contributed by atoms with E-state index in [1.807, 2.05) is 0 Å². The summed E-state index contributed by atoms with van der Waals surface area (Å²) >= 11 is 0. The molecule has 3 heteroatoms. The molecule has 0 bridgehead atoms. The van der Waals surface area contributed by atoms with Gasteiger partial charge >= 0.3 is 0 Å². The highest BCUT2D eigenvalue weighted by Gasteiger charge is 2.71. The van der Waals surface area contributed by atoms with E-state index in [2.05, 4.69) is 48.1 Å². The maximum Gasteiger partial charge on any atom is 0.223 e. The number of hydrogen-bond donors (Lipinski definition) is 1. The van der Waals surface area contributed by atoms with Crippen LogP contribution in [-0.2, 0) is 9.59 Å². The van der Waals surface area contributed by atoms with E-state index in [0.29, 0.717) is 35.4 Å². The number of rotatable bonds is 2. The summed E-state index contributed by atoms with van der Waals surface area (Å²) in [6.07, 6.45) is 10.7. The average Bonchev–Trinajstić information content (AvgIpc) is 3.13. The minimum absolute atomic E-state index is 0.0474. The van der Waals surface area contributed by atoms with Crippen LogP contribution in [0.15, 0.2) is 12.2 Å². The Labute approximate surface area is 201 Å². The first-order valence-electron chi connectivity index (χ1n) is 13.7. The van der Waals surface area contributed by atoms with Crippen molar-refractivity contribution in [3.63, 3.8) is 0 Å². The molecule has 5 aliphatic rings. The van der Waals surface area contributed by atoms with Crippen LogP contribution in [0.5, 0.6) is 0 Å². The van der Waals surface area contributed by atoms with E-state index in [1.54, 1.807) is 0 Å². The van der Waals surface area contributed by atoms with Crippen molar-refractivity contribution in [1.29, 1.82) is 0 Å². The topological polar surface area (TPSA) is 60.2 Å². The number of Topliss-reactive ketones (excluding diaryl/α,β-unsaturated/α-hetero) is 1. The number of carbonyl (C=O) groups is 2. The first kappa shape index (κ1) is 23.6. The molecule has 2 N–H and O–H groups in total. The van der Waals surface area contributed by atoms with Crippen LogP contribution < -0.4 is 5.73 Å². The third-order valence-corrected chi connectivity index (χ3v) is 13.3. The molecular weight excluding hydrogens is 406 g/mol. The van der Waals surface area contributed by atoms with Gasteiger partial charge in [0, 0.05) is 11.8 Å². The van der Waals surface area contributed by atoms with Crippen LogP contribution >= 0.6 is 0 Å². The third kappa shape index (κ3) is 2.69. The Hall–Kier alpha value is -1.12. The Morgan fingerprint density at radius 3 is 2.21 bits per heavy atom. The van der Waals surface area contributed by atoms with Gasteiger partial charge in [-0.25, -0.2) is 0 Å². The quantitative estimate of drug-likeness (QED) is 0.473. The molecule has 4 unspecified atom stereocenters. The summed E-state index contributed by atoms with van der Waals surface area (Å²) < 4.78 is 0. The van der Waals surface area contributed by atoms with Crippen LogP contribution in [-0.4, -0.2) is 11.7 Å². The second-order valence-corrected chi connectivity index (χ2v) is 14.4. The molecule has 9 atom stereocenters. The predicted octanol–water partition coefficient (Wildman–Crippen LogP) is 6.70. The standard InChI is InChI=1S/C30H47NO2/c1-18(2)19-10-15-30(25(31)33)17-16-28(6)20(24(19)30)8-9-22-27(5)13-12-23(32)26(3,4)21(27)11-14-29(22,28)7/h19-22,24H,1,8-17H2,2-7H3,(H2,31,33)/t19-,20?,21?,22?,24?,27-,28-,29+,30-/m0/s1. The van der Waals surface area contributed by atoms with Gasteiger partial charge in [-0.15, -0.1) is 0 Å². The van der Waals surface area contributed by atoms with E-state index in [-0.39, 0.29) is 33.0 Å². The maximum atomic E-state index is 13.0. The first-order chi connectivity index (χ1) is 15.3. The number of ketones is 1. The Morgan fingerprint density at radius 1 is 0.879 bits per heavy atom. The zero-order chi connectivity index (χ0) is 24.2. The van der Waals surface area contributed by atoms with Gasteiger partial charge in [-0.3, -0.25) is 9.59 Å². The van der Waals surface area contributed by atoms with Crippen molar-refractivity contribution in [3.05, 3.63) is 12.2 Å². The molecule has 5 rings (SSSR count). The predicted molar refractivity (Wildman–Crippen MR) is 133 cm³/mol. The van der Waals surface area contributed by atoms with Crippen LogP contribution in [0.25, 0.3) is 0 Å². The van der Waals surface area contributed by atoms with Gasteiger partial charge in [-0.1, -0.05) is 46.8 Å². The molecule has 0 saturated heterocycles. The van der Waals surface area contributed by atoms with Crippen molar-refractivity contribution in [2.45, 2.75) is 106 Å². The summed E-state index contributed by atoms with van der Waals surface area (Å²) in [5.41, 5.74) is 7.63. The summed E-state index contributed by atoms with van der Waals surface area (Å²) in [5.74, 6) is 2.92. The molecule has 0 aromatic heterocycles. The second-order valence-electron chi connectivity index (χ2n) is 14.4. The number of allylic oxidation sites excluding steroid dienone is 1. The van der Waals surface area contributed by atoms with Crippen molar-refractivity contribution in [2.24, 2.45) is 62.4 Å². The lowest BCUT2D eigenvalue weighted by Crippen LogP contribution is -2.67. The molecule has 0 radical (unpaired) electrons. The van der Waals surface area contributed by atoms with Crippen molar-refractivity contribution < 1.29 is 9.59 Å². The monoisotopic (exact) mass is 453 g/mol. The Morgan fingerprint density at radius 2 is 1.58 bits per heavy atom. The van der Waals surface area contributed by atoms with Crippen LogP contribution in [0.1, 0.15) is 106 Å². The van der Waals surface area contributed by atoms with Gasteiger partial charge in [-0.2, -0.15) is 0 Å². The van der Waals surface area contributed by atoms with E-state index in [1.165, 1.54) is 31.3 Å². The summed E-state index contributed by atoms with van der Waals surface area (Å²) in [4.78, 5) is 25.9. The highest BCUT2D eigenvalue weighted by molar-refractivity contribution is 5.85. The van der Waals surface area contributed by atoms with Gasteiger partial charge in [0.1, 0.15) is 5.78 Å². The molecule has 1 amide bonds. The number of amides is 1. The molecule has 184 valence electrons. The molecule has 33 heavy (non-hydrogen) atoms. The van der Waals surface area contributed by atoms with Gasteiger partial charge in [0.15, 0.2) is 0 Å².